The fourth-order valence-electron chi connectivity index (χ4n) is 8.73. The van der Waals surface area contributed by atoms with Gasteiger partial charge in [-0.25, -0.2) is 0 Å². The highest BCUT2D eigenvalue weighted by Crippen LogP contribution is 2.33. The van der Waals surface area contributed by atoms with Crippen LogP contribution in [-0.4, -0.2) is 193 Å². The van der Waals surface area contributed by atoms with E-state index in [0.717, 1.165) is 77.0 Å². The van der Waals surface area contributed by atoms with Crippen molar-refractivity contribution in [3.63, 3.8) is 0 Å². The number of ether oxygens (including phenoxy) is 6. The molecule has 3 rings (SSSR count). The molecule has 0 aromatic rings. The summed E-state index contributed by atoms with van der Waals surface area (Å²) >= 11 is 0. The molecule has 0 spiro atoms. The Morgan fingerprint density at radius 3 is 1.52 bits per heavy atom. The van der Waals surface area contributed by atoms with E-state index in [-0.39, 0.29) is 18.9 Å². The predicted molar refractivity (Wildman–Crippen MR) is 263 cm³/mol. The smallest absolute Gasteiger partial charge is 0.220 e. The molecule has 0 aromatic heterocycles. The number of nitrogens with one attached hydrogen (secondary N) is 1. The highest BCUT2D eigenvalue weighted by atomic mass is 16.8. The Kier molecular flexibility index (Phi) is 32.5. The summed E-state index contributed by atoms with van der Waals surface area (Å²) < 4.78 is 34.1. The minimum absolute atomic E-state index is 0.222. The van der Waals surface area contributed by atoms with E-state index in [0.29, 0.717) is 6.42 Å². The third kappa shape index (κ3) is 22.2. The highest BCUT2D eigenvalue weighted by molar-refractivity contribution is 5.76. The van der Waals surface area contributed by atoms with Gasteiger partial charge < -0.3 is 89.9 Å². The molecule has 3 heterocycles. The largest absolute Gasteiger partial charge is 0.394 e. The molecule has 0 aromatic carbocycles. The summed E-state index contributed by atoms with van der Waals surface area (Å²) in [6.07, 6.45) is 9.71. The van der Waals surface area contributed by atoms with Gasteiger partial charge in [-0.15, -0.1) is 0 Å². The van der Waals surface area contributed by atoms with E-state index in [1.807, 2.05) is 6.08 Å². The number of rotatable bonds is 36. The molecule has 0 bridgehead atoms. The maximum absolute atomic E-state index is 13.2. The molecule has 19 heteroatoms. The lowest BCUT2D eigenvalue weighted by Gasteiger charge is -2.48. The summed E-state index contributed by atoms with van der Waals surface area (Å²) in [5.41, 5.74) is 0. The van der Waals surface area contributed by atoms with Crippen molar-refractivity contribution >= 4 is 5.91 Å². The first kappa shape index (κ1) is 63.0. The molecule has 3 aliphatic heterocycles. The van der Waals surface area contributed by atoms with Gasteiger partial charge in [0.2, 0.25) is 5.91 Å². The second kappa shape index (κ2) is 36.7. The van der Waals surface area contributed by atoms with Crippen molar-refractivity contribution in [3.8, 4) is 0 Å². The maximum atomic E-state index is 13.2. The Labute approximate surface area is 421 Å². The van der Waals surface area contributed by atoms with Crippen molar-refractivity contribution < 1.29 is 89.4 Å². The molecule has 71 heavy (non-hydrogen) atoms. The van der Waals surface area contributed by atoms with Crippen LogP contribution in [0, 0.1) is 0 Å². The van der Waals surface area contributed by atoms with Crippen LogP contribution in [-0.2, 0) is 33.2 Å². The first-order chi connectivity index (χ1) is 34.3. The lowest BCUT2D eigenvalue weighted by atomic mass is 9.96. The molecule has 12 N–H and O–H groups in total. The zero-order valence-corrected chi connectivity index (χ0v) is 42.2. The molecule has 17 atom stereocenters. The monoisotopic (exact) mass is 1020 g/mol. The third-order valence-electron chi connectivity index (χ3n) is 13.1. The molecule has 3 fully saturated rings. The molecule has 0 saturated carbocycles. The SMILES string of the molecule is CC/C=C\C/C=C\C/C=C\CCCCCCCC(=O)NC(COC1OC(CO)C(OC2OC(CO)C(OC3OC(CO)C(O)C(O)C3O)C(O)C2O)C(O)C1O)C(O)/C=C/CCCCCCCCCCC. The average molecular weight is 1020 g/mol. The minimum atomic E-state index is -1.98. The lowest BCUT2D eigenvalue weighted by Crippen LogP contribution is -2.66. The number of carbonyl (C=O) groups is 1. The zero-order valence-electron chi connectivity index (χ0n) is 42.2. The van der Waals surface area contributed by atoms with E-state index < -0.39 is 124 Å². The van der Waals surface area contributed by atoms with Gasteiger partial charge in [0, 0.05) is 6.42 Å². The second-order valence-electron chi connectivity index (χ2n) is 19.0. The molecular weight excluding hydrogens is 927 g/mol. The molecular formula is C52H91NO18. The van der Waals surface area contributed by atoms with E-state index in [2.05, 4.69) is 55.6 Å². The van der Waals surface area contributed by atoms with E-state index in [1.54, 1.807) is 6.08 Å². The van der Waals surface area contributed by atoms with Crippen molar-refractivity contribution in [2.45, 2.75) is 247 Å². The Hall–Kier alpha value is -2.25. The summed E-state index contributed by atoms with van der Waals surface area (Å²) in [5.74, 6) is -0.298. The van der Waals surface area contributed by atoms with Crippen LogP contribution in [0.4, 0.5) is 0 Å². The van der Waals surface area contributed by atoms with Crippen LogP contribution in [0.2, 0.25) is 0 Å². The molecule has 0 radical (unpaired) electrons. The van der Waals surface area contributed by atoms with Gasteiger partial charge in [-0.2, -0.15) is 0 Å². The van der Waals surface area contributed by atoms with Crippen molar-refractivity contribution in [1.82, 2.24) is 5.32 Å². The molecule has 3 aliphatic rings. The van der Waals surface area contributed by atoms with Crippen LogP contribution in [0.15, 0.2) is 48.6 Å². The third-order valence-corrected chi connectivity index (χ3v) is 13.1. The number of aliphatic hydroxyl groups is 11. The van der Waals surface area contributed by atoms with Crippen molar-refractivity contribution in [2.24, 2.45) is 0 Å². The summed E-state index contributed by atoms with van der Waals surface area (Å²) in [5, 5.41) is 120. The number of amides is 1. The van der Waals surface area contributed by atoms with Crippen LogP contribution in [0.25, 0.3) is 0 Å². The lowest BCUT2D eigenvalue weighted by molar-refractivity contribution is -0.379. The summed E-state index contributed by atoms with van der Waals surface area (Å²) in [6, 6.07) is -0.980. The number of carbonyl (C=O) groups excluding carboxylic acids is 1. The minimum Gasteiger partial charge on any atom is -0.394 e. The van der Waals surface area contributed by atoms with Gasteiger partial charge in [-0.3, -0.25) is 4.79 Å². The maximum Gasteiger partial charge on any atom is 0.220 e. The number of aliphatic hydroxyl groups excluding tert-OH is 11. The van der Waals surface area contributed by atoms with Gasteiger partial charge >= 0.3 is 0 Å². The molecule has 0 aliphatic carbocycles. The summed E-state index contributed by atoms with van der Waals surface area (Å²) in [4.78, 5) is 13.2. The van der Waals surface area contributed by atoms with Gasteiger partial charge in [-0.1, -0.05) is 133 Å². The van der Waals surface area contributed by atoms with Crippen molar-refractivity contribution in [2.75, 3.05) is 26.4 Å². The number of allylic oxidation sites excluding steroid dienone is 7. The fourth-order valence-corrected chi connectivity index (χ4v) is 8.73. The molecule has 412 valence electrons. The van der Waals surface area contributed by atoms with Crippen molar-refractivity contribution in [1.29, 1.82) is 0 Å². The molecule has 1 amide bonds. The second-order valence-corrected chi connectivity index (χ2v) is 19.0. The van der Waals surface area contributed by atoms with Crippen LogP contribution in [0.3, 0.4) is 0 Å². The highest BCUT2D eigenvalue weighted by Gasteiger charge is 2.53. The normalized spacial score (nSPS) is 32.7. The van der Waals surface area contributed by atoms with Gasteiger partial charge in [0.15, 0.2) is 18.9 Å². The number of hydrogen-bond donors (Lipinski definition) is 12. The molecule has 17 unspecified atom stereocenters. The van der Waals surface area contributed by atoms with Gasteiger partial charge in [-0.05, 0) is 51.4 Å². The van der Waals surface area contributed by atoms with Crippen LogP contribution >= 0.6 is 0 Å². The van der Waals surface area contributed by atoms with Gasteiger partial charge in [0.1, 0.15) is 73.2 Å². The van der Waals surface area contributed by atoms with Crippen LogP contribution in [0.1, 0.15) is 142 Å². The van der Waals surface area contributed by atoms with E-state index in [1.165, 1.54) is 38.5 Å². The summed E-state index contributed by atoms with van der Waals surface area (Å²) in [6.45, 7) is 1.53. The average Bonchev–Trinajstić information content (AvgIpc) is 3.36. The van der Waals surface area contributed by atoms with Crippen LogP contribution < -0.4 is 5.32 Å². The topological polar surface area (TPSA) is 307 Å². The van der Waals surface area contributed by atoms with Gasteiger partial charge in [0.25, 0.3) is 0 Å². The Bertz CT molecular complexity index is 1500. The van der Waals surface area contributed by atoms with E-state index in [4.69, 9.17) is 28.4 Å². The number of hydrogen-bond acceptors (Lipinski definition) is 18. The Balaban J connectivity index is 1.56. The predicted octanol–water partition coefficient (Wildman–Crippen LogP) is 2.36. The zero-order chi connectivity index (χ0) is 52.0. The van der Waals surface area contributed by atoms with Crippen LogP contribution in [0.5, 0.6) is 0 Å². The first-order valence-electron chi connectivity index (χ1n) is 26.4. The Morgan fingerprint density at radius 1 is 0.521 bits per heavy atom. The molecule has 3 saturated heterocycles. The van der Waals surface area contributed by atoms with Crippen molar-refractivity contribution in [3.05, 3.63) is 48.6 Å². The summed E-state index contributed by atoms with van der Waals surface area (Å²) in [7, 11) is 0. The Morgan fingerprint density at radius 2 is 0.972 bits per heavy atom. The first-order valence-corrected chi connectivity index (χ1v) is 26.4. The molecule has 19 nitrogen and oxygen atoms in total. The quantitative estimate of drug-likeness (QED) is 0.0317. The van der Waals surface area contributed by atoms with E-state index in [9.17, 15) is 61.0 Å². The van der Waals surface area contributed by atoms with Gasteiger partial charge in [0.05, 0.1) is 38.6 Å². The standard InChI is InChI=1S/C52H91NO18/c1-3-5-7-9-11-13-15-16-17-18-20-22-24-26-28-30-40(58)53-35(36(57)29-27-25-23-21-19-14-12-10-8-6-4-2)34-66-50-46(64)43(61)48(38(32-55)68-50)71-52-47(65)44(62)49(39(33-56)69-52)70-51-45(63)42(60)41(59)37(31-54)67-51/h5,7,11,13,16-17,27,29,35-39,41-52,54-57,59-65H,3-4,6,8-10,12,14-15,18-26,28,30-34H2,1-2H3,(H,53,58)/b7-5-,13-11-,17-16-,29-27+. The fraction of sp³-hybridized carbons (Fsp3) is 0.827. The van der Waals surface area contributed by atoms with E-state index >= 15 is 0 Å². The number of unbranched alkanes of at least 4 members (excludes halogenated alkanes) is 14.